The summed E-state index contributed by atoms with van der Waals surface area (Å²) < 4.78 is 0. The van der Waals surface area contributed by atoms with Crippen molar-refractivity contribution in [2.75, 3.05) is 24.6 Å². The van der Waals surface area contributed by atoms with Gasteiger partial charge in [0.05, 0.1) is 5.41 Å². The number of amides is 1. The van der Waals surface area contributed by atoms with Crippen LogP contribution < -0.4 is 0 Å². The SMILES string of the molecule is CC[C@@]1(C(=O)N2CCSCC2)C[C@@H]2CC[C@H]1N2Cc1cccc2cc[nH]c12. The maximum atomic E-state index is 13.6. The van der Waals surface area contributed by atoms with E-state index in [-0.39, 0.29) is 5.41 Å². The fourth-order valence-corrected chi connectivity index (χ4v) is 6.77. The molecule has 5 heteroatoms. The van der Waals surface area contributed by atoms with E-state index >= 15 is 0 Å². The molecule has 4 nitrogen and oxygen atoms in total. The van der Waals surface area contributed by atoms with E-state index in [1.54, 1.807) is 0 Å². The highest BCUT2D eigenvalue weighted by Gasteiger charge is 2.59. The summed E-state index contributed by atoms with van der Waals surface area (Å²) >= 11 is 1.98. The summed E-state index contributed by atoms with van der Waals surface area (Å²) in [7, 11) is 0. The van der Waals surface area contributed by atoms with Crippen LogP contribution in [0.5, 0.6) is 0 Å². The molecule has 27 heavy (non-hydrogen) atoms. The van der Waals surface area contributed by atoms with E-state index in [9.17, 15) is 4.79 Å². The predicted molar refractivity (Wildman–Crippen MR) is 112 cm³/mol. The number of H-pyrrole nitrogens is 1. The number of hydrogen-bond donors (Lipinski definition) is 1. The van der Waals surface area contributed by atoms with Crippen molar-refractivity contribution in [2.45, 2.75) is 51.2 Å². The quantitative estimate of drug-likeness (QED) is 0.871. The van der Waals surface area contributed by atoms with Gasteiger partial charge in [-0.2, -0.15) is 11.8 Å². The maximum Gasteiger partial charge on any atom is 0.230 e. The van der Waals surface area contributed by atoms with Crippen molar-refractivity contribution in [1.82, 2.24) is 14.8 Å². The van der Waals surface area contributed by atoms with Crippen LogP contribution in [-0.2, 0) is 11.3 Å². The van der Waals surface area contributed by atoms with Crippen LogP contribution in [0, 0.1) is 5.41 Å². The number of hydrogen-bond acceptors (Lipinski definition) is 3. The normalized spacial score (nSPS) is 31.1. The number of rotatable bonds is 4. The van der Waals surface area contributed by atoms with E-state index < -0.39 is 0 Å². The first-order valence-electron chi connectivity index (χ1n) is 10.4. The number of fused-ring (bicyclic) bond motifs is 3. The van der Waals surface area contributed by atoms with Crippen LogP contribution in [0.4, 0.5) is 0 Å². The number of carbonyl (C=O) groups is 1. The van der Waals surface area contributed by atoms with E-state index in [1.807, 2.05) is 18.0 Å². The van der Waals surface area contributed by atoms with Gasteiger partial charge in [-0.15, -0.1) is 0 Å². The van der Waals surface area contributed by atoms with Gasteiger partial charge in [-0.3, -0.25) is 9.69 Å². The Hall–Kier alpha value is -1.46. The van der Waals surface area contributed by atoms with Crippen molar-refractivity contribution < 1.29 is 4.79 Å². The van der Waals surface area contributed by atoms with Gasteiger partial charge in [-0.05, 0) is 42.7 Å². The molecule has 3 saturated heterocycles. The molecule has 5 rings (SSSR count). The molecule has 0 saturated carbocycles. The number of aromatic nitrogens is 1. The largest absolute Gasteiger partial charge is 0.361 e. The zero-order valence-electron chi connectivity index (χ0n) is 16.1. The van der Waals surface area contributed by atoms with Crippen LogP contribution in [0.25, 0.3) is 10.9 Å². The topological polar surface area (TPSA) is 39.3 Å². The molecule has 0 spiro atoms. The molecule has 4 heterocycles. The first kappa shape index (κ1) is 17.6. The molecular weight excluding hydrogens is 354 g/mol. The second kappa shape index (κ2) is 6.85. The van der Waals surface area contributed by atoms with Gasteiger partial charge in [-0.1, -0.05) is 25.1 Å². The third-order valence-corrected chi connectivity index (χ3v) is 8.20. The van der Waals surface area contributed by atoms with Crippen molar-refractivity contribution in [3.05, 3.63) is 36.0 Å². The van der Waals surface area contributed by atoms with Gasteiger partial charge in [0, 0.05) is 54.9 Å². The lowest BCUT2D eigenvalue weighted by atomic mass is 9.70. The lowest BCUT2D eigenvalue weighted by Crippen LogP contribution is -2.52. The smallest absolute Gasteiger partial charge is 0.230 e. The molecule has 1 N–H and O–H groups in total. The first-order chi connectivity index (χ1) is 13.2. The van der Waals surface area contributed by atoms with Gasteiger partial charge in [0.2, 0.25) is 5.91 Å². The molecule has 3 fully saturated rings. The lowest BCUT2D eigenvalue weighted by Gasteiger charge is -2.41. The summed E-state index contributed by atoms with van der Waals surface area (Å²) in [5.74, 6) is 2.64. The van der Waals surface area contributed by atoms with Crippen molar-refractivity contribution in [2.24, 2.45) is 5.41 Å². The summed E-state index contributed by atoms with van der Waals surface area (Å²) in [5, 5.41) is 1.28. The summed E-state index contributed by atoms with van der Waals surface area (Å²) in [6.45, 7) is 5.06. The van der Waals surface area contributed by atoms with Crippen molar-refractivity contribution >= 4 is 28.6 Å². The molecule has 144 valence electrons. The average molecular weight is 384 g/mol. The molecule has 1 aromatic carbocycles. The minimum absolute atomic E-state index is 0.158. The van der Waals surface area contributed by atoms with Gasteiger partial charge in [0.15, 0.2) is 0 Å². The summed E-state index contributed by atoms with van der Waals surface area (Å²) in [4.78, 5) is 21.8. The van der Waals surface area contributed by atoms with Gasteiger partial charge in [-0.25, -0.2) is 0 Å². The molecule has 1 aromatic heterocycles. The maximum absolute atomic E-state index is 13.6. The number of aromatic amines is 1. The Morgan fingerprint density at radius 2 is 2.11 bits per heavy atom. The Morgan fingerprint density at radius 1 is 1.26 bits per heavy atom. The molecule has 2 aromatic rings. The van der Waals surface area contributed by atoms with Crippen LogP contribution in [0.3, 0.4) is 0 Å². The summed E-state index contributed by atoms with van der Waals surface area (Å²) in [6.07, 6.45) is 6.47. The fourth-order valence-electron chi connectivity index (χ4n) is 5.87. The van der Waals surface area contributed by atoms with Gasteiger partial charge >= 0.3 is 0 Å². The molecule has 0 aliphatic carbocycles. The van der Waals surface area contributed by atoms with E-state index in [4.69, 9.17) is 0 Å². The van der Waals surface area contributed by atoms with Crippen LogP contribution >= 0.6 is 11.8 Å². The number of benzene rings is 1. The Morgan fingerprint density at radius 3 is 2.93 bits per heavy atom. The minimum atomic E-state index is -0.158. The van der Waals surface area contributed by atoms with Crippen LogP contribution in [0.2, 0.25) is 0 Å². The monoisotopic (exact) mass is 383 g/mol. The van der Waals surface area contributed by atoms with Crippen molar-refractivity contribution in [3.63, 3.8) is 0 Å². The molecular formula is C22H29N3OS. The van der Waals surface area contributed by atoms with E-state index in [1.165, 1.54) is 29.3 Å². The molecule has 3 aliphatic heterocycles. The third-order valence-electron chi connectivity index (χ3n) is 7.26. The highest BCUT2D eigenvalue weighted by molar-refractivity contribution is 7.99. The molecule has 3 atom stereocenters. The van der Waals surface area contributed by atoms with Crippen LogP contribution in [0.15, 0.2) is 30.5 Å². The van der Waals surface area contributed by atoms with Crippen LogP contribution in [-0.4, -0.2) is 57.4 Å². The second-order valence-corrected chi connectivity index (χ2v) is 9.62. The number of nitrogens with zero attached hydrogens (tertiary/aromatic N) is 2. The molecule has 2 bridgehead atoms. The molecule has 0 radical (unpaired) electrons. The Kier molecular flexibility index (Phi) is 4.47. The number of carbonyl (C=O) groups excluding carboxylic acids is 1. The fraction of sp³-hybridized carbons (Fsp3) is 0.591. The standard InChI is InChI=1S/C22H29N3OS/c1-2-22(21(26)24-10-12-27-13-11-24)14-18-6-7-19(22)25(18)15-17-5-3-4-16-8-9-23-20(16)17/h3-5,8-9,18-19,23H,2,6-7,10-15H2,1H3/t18-,19+,22+/m0/s1. The first-order valence-corrected chi connectivity index (χ1v) is 11.6. The second-order valence-electron chi connectivity index (χ2n) is 8.40. The van der Waals surface area contributed by atoms with Gasteiger partial charge in [0.25, 0.3) is 0 Å². The van der Waals surface area contributed by atoms with E-state index in [0.717, 1.165) is 44.0 Å². The number of para-hydroxylation sites is 1. The van der Waals surface area contributed by atoms with E-state index in [2.05, 4.69) is 46.0 Å². The Balaban J connectivity index is 1.42. The average Bonchev–Trinajstić information content (AvgIpc) is 3.42. The highest BCUT2D eigenvalue weighted by atomic mass is 32.2. The van der Waals surface area contributed by atoms with Crippen LogP contribution in [0.1, 0.15) is 38.2 Å². The number of thioether (sulfide) groups is 1. The molecule has 1 amide bonds. The van der Waals surface area contributed by atoms with Crippen molar-refractivity contribution in [3.8, 4) is 0 Å². The number of nitrogens with one attached hydrogen (secondary N) is 1. The Bertz CT molecular complexity index is 843. The zero-order valence-corrected chi connectivity index (χ0v) is 16.9. The van der Waals surface area contributed by atoms with E-state index in [0.29, 0.717) is 18.0 Å². The Labute approximate surface area is 165 Å². The van der Waals surface area contributed by atoms with Gasteiger partial charge in [0.1, 0.15) is 0 Å². The lowest BCUT2D eigenvalue weighted by molar-refractivity contribution is -0.144. The molecule has 3 aliphatic rings. The zero-order chi connectivity index (χ0) is 18.4. The van der Waals surface area contributed by atoms with Crippen molar-refractivity contribution in [1.29, 1.82) is 0 Å². The minimum Gasteiger partial charge on any atom is -0.361 e. The summed E-state index contributed by atoms with van der Waals surface area (Å²) in [5.41, 5.74) is 2.46. The highest BCUT2D eigenvalue weighted by Crippen LogP contribution is 2.53. The van der Waals surface area contributed by atoms with Gasteiger partial charge < -0.3 is 9.88 Å². The predicted octanol–water partition coefficient (Wildman–Crippen LogP) is 3.88. The third kappa shape index (κ3) is 2.73. The molecule has 0 unspecified atom stereocenters. The summed E-state index contributed by atoms with van der Waals surface area (Å²) in [6, 6.07) is 9.68.